The number of amides is 2. The highest BCUT2D eigenvalue weighted by Crippen LogP contribution is 2.25. The third-order valence-electron chi connectivity index (χ3n) is 5.80. The van der Waals surface area contributed by atoms with Crippen LogP contribution in [-0.4, -0.2) is 77.2 Å². The lowest BCUT2D eigenvalue weighted by molar-refractivity contribution is 0.0559. The Balaban J connectivity index is 0.00000158. The number of fused-ring (bicyclic) bond motifs is 1. The summed E-state index contributed by atoms with van der Waals surface area (Å²) in [6, 6.07) is 14.6. The molecule has 2 aromatic carbocycles. The number of hydrogen-bond acceptors (Lipinski definition) is 6. The number of aliphatic hydroxyl groups is 2. The van der Waals surface area contributed by atoms with Crippen molar-refractivity contribution in [2.24, 2.45) is 0 Å². The molecule has 5 N–H and O–H groups in total. The third-order valence-corrected chi connectivity index (χ3v) is 5.80. The number of ether oxygens (including phenoxy) is 1. The number of piperidine rings is 1. The minimum Gasteiger partial charge on any atom is -0.491 e. The van der Waals surface area contributed by atoms with Gasteiger partial charge < -0.3 is 35.5 Å². The predicted molar refractivity (Wildman–Crippen MR) is 131 cm³/mol. The molecule has 1 saturated heterocycles. The van der Waals surface area contributed by atoms with Crippen molar-refractivity contribution in [1.29, 1.82) is 0 Å². The Morgan fingerprint density at radius 3 is 2.50 bits per heavy atom. The van der Waals surface area contributed by atoms with E-state index < -0.39 is 6.10 Å². The van der Waals surface area contributed by atoms with E-state index in [-0.39, 0.29) is 24.4 Å². The van der Waals surface area contributed by atoms with Gasteiger partial charge in [-0.2, -0.15) is 0 Å². The van der Waals surface area contributed by atoms with Gasteiger partial charge in [-0.1, -0.05) is 12.1 Å². The molecule has 4 rings (SSSR count). The molecule has 0 bridgehead atoms. The van der Waals surface area contributed by atoms with Crippen LogP contribution in [0.5, 0.6) is 5.75 Å². The Labute approximate surface area is 198 Å². The lowest BCUT2D eigenvalue weighted by atomic mass is 10.0. The first kappa shape index (κ1) is 25.3. The Hall–Kier alpha value is -3.34. The summed E-state index contributed by atoms with van der Waals surface area (Å²) in [5, 5.41) is 22.6. The van der Waals surface area contributed by atoms with E-state index >= 15 is 0 Å². The molecule has 3 aromatic rings. The maximum absolute atomic E-state index is 12.4. The molecule has 1 aliphatic heterocycles. The SMILES string of the molecule is CNC(=O)Nc1ccc(OCC(O)CN2CCC(n3c(=O)[nH]c4ccccc43)CC2)cc1.CO. The summed E-state index contributed by atoms with van der Waals surface area (Å²) in [6.45, 7) is 2.33. The number of carbonyl (C=O) groups is 1. The number of anilines is 1. The number of aliphatic hydroxyl groups excluding tert-OH is 2. The molecule has 10 nitrogen and oxygen atoms in total. The second kappa shape index (κ2) is 12.2. The minimum absolute atomic E-state index is 0.0605. The number of nitrogens with zero attached hydrogens (tertiary/aromatic N) is 2. The molecule has 1 unspecified atom stereocenters. The molecular weight excluding hydrogens is 438 g/mol. The molecule has 2 amide bonds. The van der Waals surface area contributed by atoms with E-state index in [4.69, 9.17) is 9.84 Å². The fourth-order valence-electron chi connectivity index (χ4n) is 4.17. The van der Waals surface area contributed by atoms with Gasteiger partial charge in [-0.05, 0) is 49.2 Å². The lowest BCUT2D eigenvalue weighted by Crippen LogP contribution is -2.42. The van der Waals surface area contributed by atoms with Crippen LogP contribution in [0.4, 0.5) is 10.5 Å². The van der Waals surface area contributed by atoms with Crippen LogP contribution in [0.1, 0.15) is 18.9 Å². The van der Waals surface area contributed by atoms with E-state index in [9.17, 15) is 14.7 Å². The average Bonchev–Trinajstić information content (AvgIpc) is 3.21. The number of likely N-dealkylation sites (tertiary alicyclic amines) is 1. The van der Waals surface area contributed by atoms with Gasteiger partial charge in [0.25, 0.3) is 0 Å². The van der Waals surface area contributed by atoms with E-state index in [1.165, 1.54) is 0 Å². The summed E-state index contributed by atoms with van der Waals surface area (Å²) in [6.07, 6.45) is 1.09. The Morgan fingerprint density at radius 1 is 1.15 bits per heavy atom. The number of aromatic nitrogens is 2. The number of para-hydroxylation sites is 2. The average molecular weight is 472 g/mol. The van der Waals surface area contributed by atoms with Gasteiger partial charge in [-0.15, -0.1) is 0 Å². The highest BCUT2D eigenvalue weighted by atomic mass is 16.5. The van der Waals surface area contributed by atoms with Crippen LogP contribution in [0.15, 0.2) is 53.3 Å². The summed E-state index contributed by atoms with van der Waals surface area (Å²) in [4.78, 5) is 28.9. The van der Waals surface area contributed by atoms with Crippen LogP contribution in [0.25, 0.3) is 11.0 Å². The number of H-pyrrole nitrogens is 1. The Bertz CT molecular complexity index is 1100. The van der Waals surface area contributed by atoms with Crippen LogP contribution in [0.3, 0.4) is 0 Å². The minimum atomic E-state index is -0.619. The van der Waals surface area contributed by atoms with Crippen molar-refractivity contribution >= 4 is 22.8 Å². The molecule has 34 heavy (non-hydrogen) atoms. The number of urea groups is 1. The Morgan fingerprint density at radius 2 is 1.82 bits per heavy atom. The number of β-amino-alcohol motifs (C(OH)–C–C–N with tert-alkyl or cyclic N) is 1. The highest BCUT2D eigenvalue weighted by molar-refractivity contribution is 5.88. The number of benzene rings is 2. The summed E-state index contributed by atoms with van der Waals surface area (Å²) < 4.78 is 7.55. The smallest absolute Gasteiger partial charge is 0.326 e. The fourth-order valence-corrected chi connectivity index (χ4v) is 4.17. The molecule has 184 valence electrons. The third kappa shape index (κ3) is 6.37. The van der Waals surface area contributed by atoms with Crippen molar-refractivity contribution in [1.82, 2.24) is 19.8 Å². The molecular formula is C24H33N5O5. The fraction of sp³-hybridized carbons (Fsp3) is 0.417. The van der Waals surface area contributed by atoms with Crippen LogP contribution >= 0.6 is 0 Å². The van der Waals surface area contributed by atoms with Gasteiger partial charge in [-0.3, -0.25) is 4.57 Å². The van der Waals surface area contributed by atoms with E-state index in [0.717, 1.165) is 44.1 Å². The molecule has 2 heterocycles. The zero-order chi connectivity index (χ0) is 24.5. The van der Waals surface area contributed by atoms with Gasteiger partial charge in [0.1, 0.15) is 18.5 Å². The van der Waals surface area contributed by atoms with Crippen molar-refractivity contribution in [2.45, 2.75) is 25.0 Å². The summed E-state index contributed by atoms with van der Waals surface area (Å²) in [7, 11) is 2.55. The highest BCUT2D eigenvalue weighted by Gasteiger charge is 2.24. The van der Waals surface area contributed by atoms with Crippen LogP contribution < -0.4 is 21.1 Å². The first-order valence-electron chi connectivity index (χ1n) is 11.3. The predicted octanol–water partition coefficient (Wildman–Crippen LogP) is 1.77. The number of imidazole rings is 1. The second-order valence-corrected chi connectivity index (χ2v) is 8.04. The number of nitrogens with one attached hydrogen (secondary N) is 3. The maximum atomic E-state index is 12.4. The van der Waals surface area contributed by atoms with Crippen LogP contribution in [0, 0.1) is 0 Å². The van der Waals surface area contributed by atoms with Crippen LogP contribution in [0.2, 0.25) is 0 Å². The molecule has 1 aromatic heterocycles. The molecule has 1 aliphatic rings. The molecule has 10 heteroatoms. The normalized spacial score (nSPS) is 15.3. The quantitative estimate of drug-likeness (QED) is 0.357. The Kier molecular flexibility index (Phi) is 9.08. The molecule has 1 atom stereocenters. The summed E-state index contributed by atoms with van der Waals surface area (Å²) in [5.41, 5.74) is 2.41. The number of carbonyl (C=O) groups excluding carboxylic acids is 1. The van der Waals surface area contributed by atoms with E-state index in [1.54, 1.807) is 31.3 Å². The number of hydrogen-bond donors (Lipinski definition) is 5. The van der Waals surface area contributed by atoms with Crippen molar-refractivity contribution in [3.8, 4) is 5.75 Å². The first-order chi connectivity index (χ1) is 16.5. The lowest BCUT2D eigenvalue weighted by Gasteiger charge is -2.33. The van der Waals surface area contributed by atoms with Crippen molar-refractivity contribution in [3.05, 3.63) is 59.0 Å². The first-order valence-corrected chi connectivity index (χ1v) is 11.3. The zero-order valence-electron chi connectivity index (χ0n) is 19.5. The zero-order valence-corrected chi connectivity index (χ0v) is 19.5. The molecule has 0 aliphatic carbocycles. The van der Waals surface area contributed by atoms with Crippen molar-refractivity contribution < 1.29 is 19.7 Å². The van der Waals surface area contributed by atoms with Gasteiger partial charge in [0.15, 0.2) is 0 Å². The van der Waals surface area contributed by atoms with E-state index in [1.807, 2.05) is 28.8 Å². The van der Waals surface area contributed by atoms with Crippen LogP contribution in [-0.2, 0) is 0 Å². The van der Waals surface area contributed by atoms with Gasteiger partial charge in [0.05, 0.1) is 11.0 Å². The number of rotatable bonds is 7. The molecule has 0 radical (unpaired) electrons. The van der Waals surface area contributed by atoms with Gasteiger partial charge in [0, 0.05) is 45.5 Å². The monoisotopic (exact) mass is 471 g/mol. The topological polar surface area (TPSA) is 132 Å². The summed E-state index contributed by atoms with van der Waals surface area (Å²) >= 11 is 0. The van der Waals surface area contributed by atoms with Gasteiger partial charge in [-0.25, -0.2) is 9.59 Å². The maximum Gasteiger partial charge on any atom is 0.326 e. The van der Waals surface area contributed by atoms with Gasteiger partial charge >= 0.3 is 11.7 Å². The second-order valence-electron chi connectivity index (χ2n) is 8.04. The molecule has 0 saturated carbocycles. The van der Waals surface area contributed by atoms with Crippen molar-refractivity contribution in [2.75, 3.05) is 45.7 Å². The molecule has 0 spiro atoms. The van der Waals surface area contributed by atoms with E-state index in [0.29, 0.717) is 18.0 Å². The van der Waals surface area contributed by atoms with E-state index in [2.05, 4.69) is 20.5 Å². The largest absolute Gasteiger partial charge is 0.491 e. The van der Waals surface area contributed by atoms with Crippen molar-refractivity contribution in [3.63, 3.8) is 0 Å². The standard InChI is InChI=1S/C23H29N5O4.CH4O/c1-24-22(30)25-16-6-8-19(9-7-16)32-15-18(29)14-27-12-10-17(11-13-27)28-21-5-3-2-4-20(21)26-23(28)31;1-2/h2-9,17-18,29H,10-15H2,1H3,(H,26,31)(H2,24,25,30);2H,1H3. The number of aromatic amines is 1. The molecule has 1 fully saturated rings. The summed E-state index contributed by atoms with van der Waals surface area (Å²) in [5.74, 6) is 0.629. The van der Waals surface area contributed by atoms with Gasteiger partial charge in [0.2, 0.25) is 0 Å².